The summed E-state index contributed by atoms with van der Waals surface area (Å²) in [6.07, 6.45) is 1.54. The first kappa shape index (κ1) is 20.1. The van der Waals surface area contributed by atoms with E-state index >= 15 is 0 Å². The van der Waals surface area contributed by atoms with Gasteiger partial charge in [-0.15, -0.1) is 0 Å². The Balaban J connectivity index is 1.47. The summed E-state index contributed by atoms with van der Waals surface area (Å²) in [5.41, 5.74) is 1.06. The van der Waals surface area contributed by atoms with Crippen LogP contribution in [0.3, 0.4) is 0 Å². The number of amides is 2. The third kappa shape index (κ3) is 4.24. The number of halogens is 1. The third-order valence-electron chi connectivity index (χ3n) is 5.44. The van der Waals surface area contributed by atoms with E-state index in [0.29, 0.717) is 48.1 Å². The highest BCUT2D eigenvalue weighted by molar-refractivity contribution is 9.10. The van der Waals surface area contributed by atoms with Gasteiger partial charge in [0.25, 0.3) is 11.8 Å². The number of anilines is 1. The number of nitrogens with zero attached hydrogens (tertiary/aromatic N) is 2. The monoisotopic (exact) mass is 462 g/mol. The van der Waals surface area contributed by atoms with Gasteiger partial charge in [-0.1, -0.05) is 12.1 Å². The molecule has 29 heavy (non-hydrogen) atoms. The van der Waals surface area contributed by atoms with Crippen LogP contribution in [0, 0.1) is 5.92 Å². The van der Waals surface area contributed by atoms with E-state index in [9.17, 15) is 9.59 Å². The van der Waals surface area contributed by atoms with Crippen LogP contribution in [0.5, 0.6) is 0 Å². The molecule has 154 valence electrons. The number of furan rings is 1. The number of likely N-dealkylation sites (tertiary alicyclic amines) is 1. The molecule has 2 aliphatic heterocycles. The molecule has 0 unspecified atom stereocenters. The lowest BCUT2D eigenvalue weighted by atomic mass is 9.95. The largest absolute Gasteiger partial charge is 0.444 e. The molecule has 8 heteroatoms. The van der Waals surface area contributed by atoms with Gasteiger partial charge >= 0.3 is 0 Å². The van der Waals surface area contributed by atoms with Crippen LogP contribution in [0.15, 0.2) is 45.5 Å². The minimum absolute atomic E-state index is 0.0763. The van der Waals surface area contributed by atoms with Gasteiger partial charge in [-0.05, 0) is 53.0 Å². The van der Waals surface area contributed by atoms with E-state index in [1.165, 1.54) is 4.90 Å². The molecule has 0 bridgehead atoms. The van der Waals surface area contributed by atoms with Crippen molar-refractivity contribution in [3.8, 4) is 0 Å². The third-order valence-corrected chi connectivity index (χ3v) is 5.87. The molecule has 1 aromatic carbocycles. The van der Waals surface area contributed by atoms with Crippen LogP contribution in [0.2, 0.25) is 0 Å². The molecule has 2 fully saturated rings. The van der Waals surface area contributed by atoms with E-state index in [0.717, 1.165) is 12.8 Å². The molecule has 2 aromatic rings. The lowest BCUT2D eigenvalue weighted by Crippen LogP contribution is -2.42. The van der Waals surface area contributed by atoms with Gasteiger partial charge < -0.3 is 23.7 Å². The number of piperidine rings is 1. The second-order valence-electron chi connectivity index (χ2n) is 7.22. The van der Waals surface area contributed by atoms with Crippen molar-refractivity contribution >= 4 is 33.4 Å². The lowest BCUT2D eigenvalue weighted by Gasteiger charge is -2.34. The zero-order valence-corrected chi connectivity index (χ0v) is 17.8. The van der Waals surface area contributed by atoms with Crippen LogP contribution in [-0.2, 0) is 9.47 Å². The smallest absolute Gasteiger partial charge is 0.293 e. The van der Waals surface area contributed by atoms with Crippen LogP contribution in [0.4, 0.5) is 5.69 Å². The first-order valence-electron chi connectivity index (χ1n) is 9.69. The Bertz CT molecular complexity index is 885. The summed E-state index contributed by atoms with van der Waals surface area (Å²) in [5.74, 6) is 0.134. The molecule has 0 N–H and O–H groups in total. The van der Waals surface area contributed by atoms with Gasteiger partial charge in [0.1, 0.15) is 0 Å². The van der Waals surface area contributed by atoms with E-state index in [4.69, 9.17) is 13.9 Å². The summed E-state index contributed by atoms with van der Waals surface area (Å²) in [6, 6.07) is 10.4. The molecule has 7 nitrogen and oxygen atoms in total. The second-order valence-corrected chi connectivity index (χ2v) is 8.01. The Morgan fingerprint density at radius 2 is 1.76 bits per heavy atom. The topological polar surface area (TPSA) is 72.2 Å². The number of ether oxygens (including phenoxy) is 2. The van der Waals surface area contributed by atoms with Crippen molar-refractivity contribution in [1.29, 1.82) is 0 Å². The number of para-hydroxylation sites is 1. The SMILES string of the molecule is CN(C(=O)c1ccc(Br)o1)c1ccccc1C(=O)N1CCC(C2OCCO2)CC1. The van der Waals surface area contributed by atoms with Gasteiger partial charge in [0.2, 0.25) is 0 Å². The van der Waals surface area contributed by atoms with Crippen LogP contribution in [0.25, 0.3) is 0 Å². The standard InChI is InChI=1S/C21H23BrN2O5/c1-23(20(26)17-6-7-18(22)29-17)16-5-3-2-4-15(16)19(25)24-10-8-14(9-11-24)21-27-12-13-28-21/h2-7,14,21H,8-13H2,1H3. The minimum atomic E-state index is -0.315. The molecule has 0 spiro atoms. The normalized spacial score (nSPS) is 18.2. The first-order valence-corrected chi connectivity index (χ1v) is 10.5. The van der Waals surface area contributed by atoms with Gasteiger partial charge in [0.05, 0.1) is 24.5 Å². The van der Waals surface area contributed by atoms with Crippen molar-refractivity contribution in [2.24, 2.45) is 5.92 Å². The summed E-state index contributed by atoms with van der Waals surface area (Å²) in [4.78, 5) is 29.3. The molecule has 0 atom stereocenters. The van der Waals surface area contributed by atoms with Crippen molar-refractivity contribution in [3.63, 3.8) is 0 Å². The molecule has 2 aliphatic rings. The van der Waals surface area contributed by atoms with Gasteiger partial charge in [0, 0.05) is 26.1 Å². The molecule has 3 heterocycles. The van der Waals surface area contributed by atoms with Gasteiger partial charge in [0.15, 0.2) is 16.7 Å². The predicted octanol–water partition coefficient (Wildman–Crippen LogP) is 3.54. The maximum Gasteiger partial charge on any atom is 0.293 e. The van der Waals surface area contributed by atoms with Crippen LogP contribution in [0.1, 0.15) is 33.8 Å². The predicted molar refractivity (Wildman–Crippen MR) is 110 cm³/mol. The highest BCUT2D eigenvalue weighted by Gasteiger charge is 2.33. The molecule has 4 rings (SSSR count). The fourth-order valence-electron chi connectivity index (χ4n) is 3.84. The molecular formula is C21H23BrN2O5. The number of hydrogen-bond donors (Lipinski definition) is 0. The van der Waals surface area contributed by atoms with Crippen LogP contribution >= 0.6 is 15.9 Å². The van der Waals surface area contributed by atoms with Gasteiger partial charge in [-0.2, -0.15) is 0 Å². The number of benzene rings is 1. The highest BCUT2D eigenvalue weighted by atomic mass is 79.9. The summed E-state index contributed by atoms with van der Waals surface area (Å²) < 4.78 is 17.1. The summed E-state index contributed by atoms with van der Waals surface area (Å²) in [5, 5.41) is 0. The molecule has 0 saturated carbocycles. The summed E-state index contributed by atoms with van der Waals surface area (Å²) >= 11 is 3.21. The van der Waals surface area contributed by atoms with E-state index in [-0.39, 0.29) is 23.9 Å². The second kappa shape index (κ2) is 8.69. The van der Waals surface area contributed by atoms with Crippen molar-refractivity contribution in [3.05, 3.63) is 52.4 Å². The Kier molecular flexibility index (Phi) is 6.03. The number of carbonyl (C=O) groups excluding carboxylic acids is 2. The molecule has 0 aliphatic carbocycles. The summed E-state index contributed by atoms with van der Waals surface area (Å²) in [6.45, 7) is 2.57. The molecule has 1 aromatic heterocycles. The van der Waals surface area contributed by atoms with Crippen molar-refractivity contribution in [2.45, 2.75) is 19.1 Å². The van der Waals surface area contributed by atoms with E-state index in [1.807, 2.05) is 17.0 Å². The number of hydrogen-bond acceptors (Lipinski definition) is 5. The van der Waals surface area contributed by atoms with Gasteiger partial charge in [-0.25, -0.2) is 0 Å². The minimum Gasteiger partial charge on any atom is -0.444 e. The number of carbonyl (C=O) groups is 2. The van der Waals surface area contributed by atoms with Crippen molar-refractivity contribution in [1.82, 2.24) is 4.90 Å². The zero-order chi connectivity index (χ0) is 20.4. The first-order chi connectivity index (χ1) is 14.0. The zero-order valence-electron chi connectivity index (χ0n) is 16.2. The van der Waals surface area contributed by atoms with E-state index < -0.39 is 0 Å². The summed E-state index contributed by atoms with van der Waals surface area (Å²) in [7, 11) is 1.64. The van der Waals surface area contributed by atoms with E-state index in [1.54, 1.807) is 31.3 Å². The Labute approximate surface area is 177 Å². The molecular weight excluding hydrogens is 440 g/mol. The lowest BCUT2D eigenvalue weighted by molar-refractivity contribution is -0.0956. The molecule has 2 saturated heterocycles. The quantitative estimate of drug-likeness (QED) is 0.694. The Hall–Kier alpha value is -2.16. The van der Waals surface area contributed by atoms with Crippen molar-refractivity contribution < 1.29 is 23.5 Å². The fourth-order valence-corrected chi connectivity index (χ4v) is 4.15. The van der Waals surface area contributed by atoms with Crippen LogP contribution < -0.4 is 4.90 Å². The average molecular weight is 463 g/mol. The maximum absolute atomic E-state index is 13.2. The average Bonchev–Trinajstić information content (AvgIpc) is 3.44. The fraction of sp³-hybridized carbons (Fsp3) is 0.429. The molecule has 0 radical (unpaired) electrons. The maximum atomic E-state index is 13.2. The Morgan fingerprint density at radius 1 is 1.07 bits per heavy atom. The number of rotatable bonds is 4. The van der Waals surface area contributed by atoms with E-state index in [2.05, 4.69) is 15.9 Å². The van der Waals surface area contributed by atoms with Gasteiger partial charge in [-0.3, -0.25) is 9.59 Å². The van der Waals surface area contributed by atoms with Crippen LogP contribution in [-0.4, -0.2) is 56.4 Å². The highest BCUT2D eigenvalue weighted by Crippen LogP contribution is 2.29. The Morgan fingerprint density at radius 3 is 2.41 bits per heavy atom. The molecule has 2 amide bonds. The van der Waals surface area contributed by atoms with Crippen molar-refractivity contribution in [2.75, 3.05) is 38.3 Å².